The van der Waals surface area contributed by atoms with Gasteiger partial charge in [0.05, 0.1) is 5.60 Å². The Kier molecular flexibility index (Phi) is 4.43. The lowest BCUT2D eigenvalue weighted by Crippen LogP contribution is -2.49. The van der Waals surface area contributed by atoms with Gasteiger partial charge in [0, 0.05) is 18.6 Å². The first-order chi connectivity index (χ1) is 12.0. The molecular formula is C23H29NO. The Morgan fingerprint density at radius 3 is 2.12 bits per heavy atom. The minimum Gasteiger partial charge on any atom is -0.385 e. The molecule has 2 aromatic rings. The molecule has 0 radical (unpaired) electrons. The summed E-state index contributed by atoms with van der Waals surface area (Å²) >= 11 is 0. The van der Waals surface area contributed by atoms with Gasteiger partial charge >= 0.3 is 0 Å². The fourth-order valence-electron chi connectivity index (χ4n) is 4.78. The lowest BCUT2D eigenvalue weighted by atomic mass is 9.80. The van der Waals surface area contributed by atoms with Crippen molar-refractivity contribution in [2.45, 2.75) is 69.7 Å². The first kappa shape index (κ1) is 16.8. The fourth-order valence-corrected chi connectivity index (χ4v) is 4.78. The summed E-state index contributed by atoms with van der Waals surface area (Å²) in [5.41, 5.74) is 3.17. The van der Waals surface area contributed by atoms with Gasteiger partial charge in [-0.1, -0.05) is 68.4 Å². The number of piperidine rings is 1. The van der Waals surface area contributed by atoms with Crippen LogP contribution in [0.15, 0.2) is 54.6 Å². The Labute approximate surface area is 151 Å². The monoisotopic (exact) mass is 335 g/mol. The van der Waals surface area contributed by atoms with E-state index in [1.807, 2.05) is 0 Å². The van der Waals surface area contributed by atoms with Gasteiger partial charge in [0.2, 0.25) is 0 Å². The molecule has 2 saturated heterocycles. The van der Waals surface area contributed by atoms with Gasteiger partial charge in [0.1, 0.15) is 0 Å². The van der Waals surface area contributed by atoms with Crippen LogP contribution in [0.5, 0.6) is 0 Å². The first-order valence-corrected chi connectivity index (χ1v) is 9.68. The van der Waals surface area contributed by atoms with Crippen molar-refractivity contribution in [2.75, 3.05) is 0 Å². The summed E-state index contributed by atoms with van der Waals surface area (Å²) in [5.74, 6) is 0.535. The third kappa shape index (κ3) is 3.26. The molecule has 4 rings (SSSR count). The first-order valence-electron chi connectivity index (χ1n) is 9.68. The molecule has 2 aromatic carbocycles. The minimum absolute atomic E-state index is 0.494. The van der Waals surface area contributed by atoms with E-state index in [9.17, 15) is 5.11 Å². The number of hydrogen-bond donors (Lipinski definition) is 1. The van der Waals surface area contributed by atoms with Crippen LogP contribution in [0.25, 0.3) is 0 Å². The number of fused-ring (bicyclic) bond motifs is 2. The van der Waals surface area contributed by atoms with Gasteiger partial charge in [-0.05, 0) is 48.3 Å². The predicted octanol–water partition coefficient (Wildman–Crippen LogP) is 4.82. The summed E-state index contributed by atoms with van der Waals surface area (Å²) in [5, 5.41) is 11.4. The summed E-state index contributed by atoms with van der Waals surface area (Å²) in [7, 11) is 0. The second-order valence-electron chi connectivity index (χ2n) is 8.26. The van der Waals surface area contributed by atoms with Gasteiger partial charge in [-0.3, -0.25) is 4.90 Å². The highest BCUT2D eigenvalue weighted by atomic mass is 16.3. The van der Waals surface area contributed by atoms with E-state index < -0.39 is 5.60 Å². The van der Waals surface area contributed by atoms with Gasteiger partial charge in [0.15, 0.2) is 0 Å². The lowest BCUT2D eigenvalue weighted by Gasteiger charge is -2.44. The summed E-state index contributed by atoms with van der Waals surface area (Å²) in [6, 6.07) is 20.4. The van der Waals surface area contributed by atoms with Crippen LogP contribution in [-0.2, 0) is 12.1 Å². The molecule has 2 fully saturated rings. The Hall–Kier alpha value is -1.64. The third-order valence-corrected chi connectivity index (χ3v) is 6.24. The molecule has 2 heteroatoms. The molecule has 2 nitrogen and oxygen atoms in total. The molecule has 0 aliphatic carbocycles. The molecule has 0 saturated carbocycles. The highest BCUT2D eigenvalue weighted by molar-refractivity contribution is 5.30. The zero-order chi connectivity index (χ0) is 17.4. The van der Waals surface area contributed by atoms with Crippen molar-refractivity contribution in [3.63, 3.8) is 0 Å². The maximum atomic E-state index is 11.4. The van der Waals surface area contributed by atoms with E-state index in [1.54, 1.807) is 0 Å². The van der Waals surface area contributed by atoms with Gasteiger partial charge in [0.25, 0.3) is 0 Å². The Bertz CT molecular complexity index is 693. The van der Waals surface area contributed by atoms with Gasteiger partial charge < -0.3 is 5.11 Å². The van der Waals surface area contributed by atoms with Crippen molar-refractivity contribution < 1.29 is 5.11 Å². The van der Waals surface area contributed by atoms with Crippen LogP contribution in [0.4, 0.5) is 0 Å². The van der Waals surface area contributed by atoms with Crippen LogP contribution in [0.2, 0.25) is 0 Å². The number of benzene rings is 2. The van der Waals surface area contributed by atoms with Crippen LogP contribution < -0.4 is 0 Å². The zero-order valence-corrected chi connectivity index (χ0v) is 15.4. The van der Waals surface area contributed by atoms with Gasteiger partial charge in [-0.15, -0.1) is 0 Å². The van der Waals surface area contributed by atoms with Gasteiger partial charge in [-0.2, -0.15) is 0 Å². The summed E-state index contributed by atoms with van der Waals surface area (Å²) in [6.07, 6.45) is 4.14. The van der Waals surface area contributed by atoms with Crippen LogP contribution in [-0.4, -0.2) is 22.1 Å². The highest BCUT2D eigenvalue weighted by Crippen LogP contribution is 2.46. The Morgan fingerprint density at radius 1 is 0.960 bits per heavy atom. The number of aliphatic hydroxyl groups is 1. The van der Waals surface area contributed by atoms with Crippen LogP contribution in [0, 0.1) is 0 Å². The van der Waals surface area contributed by atoms with Gasteiger partial charge in [-0.25, -0.2) is 0 Å². The van der Waals surface area contributed by atoms with E-state index in [1.165, 1.54) is 24.0 Å². The summed E-state index contributed by atoms with van der Waals surface area (Å²) in [4.78, 5) is 2.63. The SMILES string of the molecule is CC(C)c1ccc(C2(O)CC3CCC(C2)N3Cc2ccccc2)cc1. The number of nitrogens with zero attached hydrogens (tertiary/aromatic N) is 1. The van der Waals surface area contributed by atoms with Crippen molar-refractivity contribution in [2.24, 2.45) is 0 Å². The van der Waals surface area contributed by atoms with Crippen molar-refractivity contribution in [1.82, 2.24) is 4.90 Å². The Balaban J connectivity index is 1.52. The largest absolute Gasteiger partial charge is 0.385 e. The standard InChI is InChI=1S/C23H29NO/c1-17(2)19-8-10-20(11-9-19)23(25)14-21-12-13-22(15-23)24(21)16-18-6-4-3-5-7-18/h3-11,17,21-22,25H,12-16H2,1-2H3. The molecule has 2 unspecified atom stereocenters. The van der Waals surface area contributed by atoms with E-state index in [-0.39, 0.29) is 0 Å². The van der Waals surface area contributed by atoms with E-state index in [0.29, 0.717) is 18.0 Å². The molecule has 2 heterocycles. The molecule has 2 aliphatic heterocycles. The fraction of sp³-hybridized carbons (Fsp3) is 0.478. The lowest BCUT2D eigenvalue weighted by molar-refractivity contribution is -0.0595. The number of hydrogen-bond acceptors (Lipinski definition) is 2. The predicted molar refractivity (Wildman–Crippen MR) is 102 cm³/mol. The molecule has 1 N–H and O–H groups in total. The van der Waals surface area contributed by atoms with E-state index in [4.69, 9.17) is 0 Å². The average Bonchev–Trinajstić information content (AvgIpc) is 2.87. The molecule has 132 valence electrons. The van der Waals surface area contributed by atoms with E-state index in [2.05, 4.69) is 73.3 Å². The smallest absolute Gasteiger partial charge is 0.0926 e. The van der Waals surface area contributed by atoms with Crippen molar-refractivity contribution in [3.8, 4) is 0 Å². The maximum Gasteiger partial charge on any atom is 0.0926 e. The summed E-state index contributed by atoms with van der Waals surface area (Å²) < 4.78 is 0. The molecule has 25 heavy (non-hydrogen) atoms. The van der Waals surface area contributed by atoms with Crippen LogP contribution in [0.1, 0.15) is 62.1 Å². The van der Waals surface area contributed by atoms with Crippen molar-refractivity contribution in [1.29, 1.82) is 0 Å². The van der Waals surface area contributed by atoms with E-state index in [0.717, 1.165) is 24.9 Å². The summed E-state index contributed by atoms with van der Waals surface area (Å²) in [6.45, 7) is 5.44. The molecule has 2 bridgehead atoms. The number of rotatable bonds is 4. The van der Waals surface area contributed by atoms with Crippen molar-refractivity contribution in [3.05, 3.63) is 71.3 Å². The van der Waals surface area contributed by atoms with E-state index >= 15 is 0 Å². The Morgan fingerprint density at radius 2 is 1.56 bits per heavy atom. The average molecular weight is 335 g/mol. The molecule has 2 atom stereocenters. The topological polar surface area (TPSA) is 23.5 Å². The van der Waals surface area contributed by atoms with Crippen LogP contribution in [0.3, 0.4) is 0 Å². The second-order valence-corrected chi connectivity index (χ2v) is 8.26. The zero-order valence-electron chi connectivity index (χ0n) is 15.4. The molecule has 2 aliphatic rings. The molecule has 0 amide bonds. The van der Waals surface area contributed by atoms with Crippen LogP contribution >= 0.6 is 0 Å². The second kappa shape index (κ2) is 6.59. The maximum absolute atomic E-state index is 11.4. The normalized spacial score (nSPS) is 29.3. The molecular weight excluding hydrogens is 306 g/mol. The molecule has 0 aromatic heterocycles. The quantitative estimate of drug-likeness (QED) is 0.865. The highest BCUT2D eigenvalue weighted by Gasteiger charge is 2.48. The third-order valence-electron chi connectivity index (χ3n) is 6.24. The minimum atomic E-state index is -0.658. The molecule has 0 spiro atoms. The van der Waals surface area contributed by atoms with Crippen molar-refractivity contribution >= 4 is 0 Å².